The molecule has 182 valence electrons. The van der Waals surface area contributed by atoms with Crippen molar-refractivity contribution in [2.45, 2.75) is 63.4 Å². The Kier molecular flexibility index (Phi) is 12.3. The number of carbonyl (C=O) groups excluding carboxylic acids is 4. The van der Waals surface area contributed by atoms with Gasteiger partial charge in [-0.3, -0.25) is 24.2 Å². The number of rotatable bonds is 14. The lowest BCUT2D eigenvalue weighted by atomic mass is 10.1. The zero-order chi connectivity index (χ0) is 25.0. The highest BCUT2D eigenvalue weighted by molar-refractivity contribution is 5.94. The first-order chi connectivity index (χ1) is 14.8. The zero-order valence-electron chi connectivity index (χ0n) is 17.9. The van der Waals surface area contributed by atoms with E-state index in [-0.39, 0.29) is 18.9 Å². The van der Waals surface area contributed by atoms with E-state index in [0.717, 1.165) is 0 Å². The van der Waals surface area contributed by atoms with Crippen LogP contribution in [0.4, 0.5) is 0 Å². The fraction of sp³-hybridized carbons (Fsp3) is 0.647. The largest absolute Gasteiger partial charge is 0.480 e. The molecule has 0 fully saturated rings. The monoisotopic (exact) mass is 460 g/mol. The Bertz CT molecular complexity index is 724. The highest BCUT2D eigenvalue weighted by Gasteiger charge is 2.31. The van der Waals surface area contributed by atoms with Gasteiger partial charge in [-0.1, -0.05) is 0 Å². The second kappa shape index (κ2) is 13.8. The Labute approximate surface area is 184 Å². The third-order valence-corrected chi connectivity index (χ3v) is 4.14. The summed E-state index contributed by atoms with van der Waals surface area (Å²) in [5, 5.41) is 25.5. The van der Waals surface area contributed by atoms with E-state index < -0.39 is 66.3 Å². The number of guanidine groups is 1. The minimum absolute atomic E-state index is 0.101. The fourth-order valence-corrected chi connectivity index (χ4v) is 2.38. The van der Waals surface area contributed by atoms with E-state index in [1.54, 1.807) is 0 Å². The van der Waals surface area contributed by atoms with Crippen LogP contribution in [0.5, 0.6) is 0 Å². The van der Waals surface area contributed by atoms with Crippen LogP contribution in [0.2, 0.25) is 0 Å². The van der Waals surface area contributed by atoms with Gasteiger partial charge in [-0.15, -0.1) is 0 Å². The first-order valence-corrected chi connectivity index (χ1v) is 9.67. The molecule has 15 heteroatoms. The number of aliphatic hydroxyl groups excluding tert-OH is 1. The molecule has 0 spiro atoms. The quantitative estimate of drug-likeness (QED) is 0.0677. The zero-order valence-corrected chi connectivity index (χ0v) is 17.9. The van der Waals surface area contributed by atoms with Crippen LogP contribution in [-0.4, -0.2) is 82.6 Å². The SMILES string of the molecule is CC(NC(=O)C(NC(=O)C(N)CCCN=C(N)N)C(C)O)C(=O)NC(CC(N)=O)C(=O)O. The van der Waals surface area contributed by atoms with Gasteiger partial charge in [0, 0.05) is 6.54 Å². The van der Waals surface area contributed by atoms with Crippen molar-refractivity contribution in [3.05, 3.63) is 0 Å². The molecule has 15 nitrogen and oxygen atoms in total. The lowest BCUT2D eigenvalue weighted by Crippen LogP contribution is -2.59. The summed E-state index contributed by atoms with van der Waals surface area (Å²) in [5.74, 6) is -5.08. The number of hydrogen-bond donors (Lipinski definition) is 9. The summed E-state index contributed by atoms with van der Waals surface area (Å²) in [7, 11) is 0. The van der Waals surface area contributed by atoms with Crippen molar-refractivity contribution in [2.24, 2.45) is 27.9 Å². The summed E-state index contributed by atoms with van der Waals surface area (Å²) in [4.78, 5) is 62.6. The molecule has 0 aliphatic rings. The highest BCUT2D eigenvalue weighted by Crippen LogP contribution is 2.01. The molecule has 0 rings (SSSR count). The second-order valence-corrected chi connectivity index (χ2v) is 7.08. The summed E-state index contributed by atoms with van der Waals surface area (Å²) < 4.78 is 0. The number of aliphatic carboxylic acids is 1. The lowest BCUT2D eigenvalue weighted by Gasteiger charge is -2.25. The van der Waals surface area contributed by atoms with Gasteiger partial charge in [-0.05, 0) is 26.7 Å². The third kappa shape index (κ3) is 11.1. The fourth-order valence-electron chi connectivity index (χ4n) is 2.38. The molecule has 5 unspecified atom stereocenters. The number of nitrogens with two attached hydrogens (primary N) is 4. The lowest BCUT2D eigenvalue weighted by molar-refractivity contribution is -0.143. The van der Waals surface area contributed by atoms with Crippen LogP contribution in [-0.2, 0) is 24.0 Å². The van der Waals surface area contributed by atoms with Crippen LogP contribution >= 0.6 is 0 Å². The van der Waals surface area contributed by atoms with Crippen molar-refractivity contribution in [1.29, 1.82) is 0 Å². The number of nitrogens with zero attached hydrogens (tertiary/aromatic N) is 1. The molecule has 0 aliphatic heterocycles. The van der Waals surface area contributed by atoms with E-state index in [0.29, 0.717) is 6.42 Å². The Morgan fingerprint density at radius 2 is 1.53 bits per heavy atom. The van der Waals surface area contributed by atoms with Crippen molar-refractivity contribution in [2.75, 3.05) is 6.54 Å². The third-order valence-electron chi connectivity index (χ3n) is 4.14. The van der Waals surface area contributed by atoms with Crippen LogP contribution in [0, 0.1) is 0 Å². The molecule has 32 heavy (non-hydrogen) atoms. The summed E-state index contributed by atoms with van der Waals surface area (Å²) >= 11 is 0. The average Bonchev–Trinajstić information content (AvgIpc) is 2.67. The topological polar surface area (TPSA) is 278 Å². The molecule has 0 saturated heterocycles. The van der Waals surface area contributed by atoms with Gasteiger partial charge in [-0.25, -0.2) is 4.79 Å². The summed E-state index contributed by atoms with van der Waals surface area (Å²) in [5.41, 5.74) is 21.1. The average molecular weight is 460 g/mol. The molecule has 0 radical (unpaired) electrons. The molecule has 0 aromatic heterocycles. The van der Waals surface area contributed by atoms with Crippen LogP contribution < -0.4 is 38.9 Å². The van der Waals surface area contributed by atoms with Gasteiger partial charge in [0.1, 0.15) is 18.1 Å². The number of amides is 4. The second-order valence-electron chi connectivity index (χ2n) is 7.08. The highest BCUT2D eigenvalue weighted by atomic mass is 16.4. The molecule has 13 N–H and O–H groups in total. The maximum Gasteiger partial charge on any atom is 0.326 e. The van der Waals surface area contributed by atoms with Crippen LogP contribution in [0.25, 0.3) is 0 Å². The van der Waals surface area contributed by atoms with E-state index in [1.165, 1.54) is 13.8 Å². The summed E-state index contributed by atoms with van der Waals surface area (Å²) in [6.45, 7) is 2.74. The Balaban J connectivity index is 4.92. The molecule has 0 heterocycles. The van der Waals surface area contributed by atoms with Crippen LogP contribution in [0.1, 0.15) is 33.1 Å². The molecule has 0 bridgehead atoms. The molecule has 4 amide bonds. The van der Waals surface area contributed by atoms with Gasteiger partial charge >= 0.3 is 5.97 Å². The van der Waals surface area contributed by atoms with E-state index in [1.807, 2.05) is 0 Å². The van der Waals surface area contributed by atoms with E-state index >= 15 is 0 Å². The summed E-state index contributed by atoms with van der Waals surface area (Å²) in [6, 6.07) is -5.29. The minimum atomic E-state index is -1.58. The van der Waals surface area contributed by atoms with Crippen LogP contribution in [0.3, 0.4) is 0 Å². The van der Waals surface area contributed by atoms with Crippen molar-refractivity contribution in [3.8, 4) is 0 Å². The predicted molar refractivity (Wildman–Crippen MR) is 112 cm³/mol. The number of carboxylic acid groups (broad SMARTS) is 1. The maximum absolute atomic E-state index is 12.4. The molecular formula is C17H32N8O7. The first kappa shape index (κ1) is 28.5. The smallest absolute Gasteiger partial charge is 0.326 e. The van der Waals surface area contributed by atoms with Gasteiger partial charge in [0.2, 0.25) is 23.6 Å². The van der Waals surface area contributed by atoms with Crippen molar-refractivity contribution >= 4 is 35.6 Å². The Morgan fingerprint density at radius 3 is 2.00 bits per heavy atom. The molecule has 0 aromatic rings. The number of aliphatic imine (C=N–C) groups is 1. The van der Waals surface area contributed by atoms with Gasteiger partial charge in [0.25, 0.3) is 0 Å². The maximum atomic E-state index is 12.4. The van der Waals surface area contributed by atoms with E-state index in [9.17, 15) is 29.1 Å². The van der Waals surface area contributed by atoms with E-state index in [2.05, 4.69) is 20.9 Å². The van der Waals surface area contributed by atoms with Gasteiger partial charge in [0.15, 0.2) is 5.96 Å². The standard InChI is InChI=1S/C17H32N8O7/c1-7(13(28)24-10(16(31)32)6-11(19)27)23-15(30)12(8(2)26)25-14(29)9(18)4-3-5-22-17(20)21/h7-10,12,26H,3-6,18H2,1-2H3,(H2,19,27)(H,23,30)(H,24,28)(H,25,29)(H,31,32)(H4,20,21,22). The molecule has 0 saturated carbocycles. The predicted octanol–water partition coefficient (Wildman–Crippen LogP) is -4.82. The molecule has 0 aliphatic carbocycles. The number of primary amides is 1. The number of carbonyl (C=O) groups is 5. The normalized spacial score (nSPS) is 15.2. The number of carboxylic acids is 1. The number of hydrogen-bond acceptors (Lipinski definition) is 8. The van der Waals surface area contributed by atoms with Crippen molar-refractivity contribution in [3.63, 3.8) is 0 Å². The van der Waals surface area contributed by atoms with Gasteiger partial charge in [0.05, 0.1) is 18.6 Å². The van der Waals surface area contributed by atoms with Gasteiger partial charge in [-0.2, -0.15) is 0 Å². The van der Waals surface area contributed by atoms with E-state index in [4.69, 9.17) is 28.0 Å². The first-order valence-electron chi connectivity index (χ1n) is 9.67. The molecular weight excluding hydrogens is 428 g/mol. The van der Waals surface area contributed by atoms with Crippen molar-refractivity contribution < 1.29 is 34.2 Å². The number of aliphatic hydroxyl groups is 1. The van der Waals surface area contributed by atoms with Crippen molar-refractivity contribution in [1.82, 2.24) is 16.0 Å². The molecule has 5 atom stereocenters. The van der Waals surface area contributed by atoms with Gasteiger partial charge < -0.3 is 49.1 Å². The Morgan fingerprint density at radius 1 is 0.938 bits per heavy atom. The number of nitrogens with one attached hydrogen (secondary N) is 3. The Hall–Kier alpha value is -3.46. The summed E-state index contributed by atoms with van der Waals surface area (Å²) in [6.07, 6.45) is -1.39. The molecule has 0 aromatic carbocycles. The minimum Gasteiger partial charge on any atom is -0.480 e. The van der Waals surface area contributed by atoms with Crippen LogP contribution in [0.15, 0.2) is 4.99 Å².